The lowest BCUT2D eigenvalue weighted by atomic mass is 10.1. The summed E-state index contributed by atoms with van der Waals surface area (Å²) >= 11 is 0. The fraction of sp³-hybridized carbons (Fsp3) is 0.250. The summed E-state index contributed by atoms with van der Waals surface area (Å²) in [5, 5.41) is 0. The van der Waals surface area contributed by atoms with Gasteiger partial charge in [-0.05, 0) is 18.6 Å². The van der Waals surface area contributed by atoms with Crippen LogP contribution in [0.15, 0.2) is 54.8 Å². The van der Waals surface area contributed by atoms with Crippen LogP contribution in [0, 0.1) is 0 Å². The molecule has 0 N–H and O–H groups in total. The zero-order valence-corrected chi connectivity index (χ0v) is 11.4. The molecule has 1 amide bonds. The minimum Gasteiger partial charge on any atom is -0.444 e. The third-order valence-electron chi connectivity index (χ3n) is 3.02. The fourth-order valence-electron chi connectivity index (χ4n) is 2.02. The lowest BCUT2D eigenvalue weighted by Gasteiger charge is -2.27. The number of carbonyl (C=O) groups excluding carboxylic acids is 2. The molecule has 1 aliphatic heterocycles. The standard InChI is InChI=1S/C16H17NO3/c1-2-6-14-11-15(18)9-10-17(14)16(19)20-12-13-7-4-3-5-8-13/h2-10,14H,11-12H2,1H3/b6-2+/t14-/m1/s1. The molecular weight excluding hydrogens is 254 g/mol. The van der Waals surface area contributed by atoms with E-state index in [1.807, 2.05) is 49.4 Å². The Kier molecular flexibility index (Phi) is 4.71. The summed E-state index contributed by atoms with van der Waals surface area (Å²) in [4.78, 5) is 24.9. The Bertz CT molecular complexity index is 534. The first-order chi connectivity index (χ1) is 9.70. The van der Waals surface area contributed by atoms with Crippen LogP contribution in [0.4, 0.5) is 4.79 Å². The van der Waals surface area contributed by atoms with Gasteiger partial charge in [0.2, 0.25) is 0 Å². The summed E-state index contributed by atoms with van der Waals surface area (Å²) in [7, 11) is 0. The van der Waals surface area contributed by atoms with Crippen LogP contribution in [0.5, 0.6) is 0 Å². The molecule has 0 radical (unpaired) electrons. The molecule has 0 aromatic heterocycles. The predicted octanol–water partition coefficient (Wildman–Crippen LogP) is 3.06. The topological polar surface area (TPSA) is 46.6 Å². The number of carbonyl (C=O) groups is 2. The highest BCUT2D eigenvalue weighted by molar-refractivity contribution is 5.92. The first-order valence-electron chi connectivity index (χ1n) is 6.53. The highest BCUT2D eigenvalue weighted by Gasteiger charge is 2.26. The predicted molar refractivity (Wildman–Crippen MR) is 75.8 cm³/mol. The van der Waals surface area contributed by atoms with E-state index in [4.69, 9.17) is 4.74 Å². The second-order valence-corrected chi connectivity index (χ2v) is 4.53. The second kappa shape index (κ2) is 6.70. The molecular formula is C16H17NO3. The van der Waals surface area contributed by atoms with E-state index in [1.165, 1.54) is 17.2 Å². The van der Waals surface area contributed by atoms with Gasteiger partial charge in [0.25, 0.3) is 0 Å². The summed E-state index contributed by atoms with van der Waals surface area (Å²) in [5.41, 5.74) is 0.931. The van der Waals surface area contributed by atoms with Crippen LogP contribution in [0.25, 0.3) is 0 Å². The molecule has 0 unspecified atom stereocenters. The summed E-state index contributed by atoms with van der Waals surface area (Å²) in [6.07, 6.45) is 6.40. The maximum atomic E-state index is 12.1. The van der Waals surface area contributed by atoms with Crippen molar-refractivity contribution in [3.63, 3.8) is 0 Å². The molecule has 104 valence electrons. The largest absolute Gasteiger partial charge is 0.444 e. The maximum absolute atomic E-state index is 12.1. The zero-order chi connectivity index (χ0) is 14.4. The van der Waals surface area contributed by atoms with Crippen molar-refractivity contribution in [1.82, 2.24) is 4.90 Å². The number of hydrogen-bond donors (Lipinski definition) is 0. The Balaban J connectivity index is 2.00. The minimum absolute atomic E-state index is 0.0141. The Morgan fingerprint density at radius 2 is 2.15 bits per heavy atom. The van der Waals surface area contributed by atoms with Gasteiger partial charge in [0, 0.05) is 12.6 Å². The molecule has 4 nitrogen and oxygen atoms in total. The zero-order valence-electron chi connectivity index (χ0n) is 11.4. The first-order valence-corrected chi connectivity index (χ1v) is 6.53. The number of rotatable bonds is 3. The quantitative estimate of drug-likeness (QED) is 0.794. The number of nitrogens with zero attached hydrogens (tertiary/aromatic N) is 1. The van der Waals surface area contributed by atoms with Gasteiger partial charge in [0.1, 0.15) is 6.61 Å². The van der Waals surface area contributed by atoms with Gasteiger partial charge >= 0.3 is 6.09 Å². The van der Waals surface area contributed by atoms with Gasteiger partial charge in [0.05, 0.1) is 6.04 Å². The number of ether oxygens (including phenoxy) is 1. The number of benzene rings is 1. The lowest BCUT2D eigenvalue weighted by Crippen LogP contribution is -2.39. The third kappa shape index (κ3) is 3.57. The molecule has 20 heavy (non-hydrogen) atoms. The SMILES string of the molecule is C/C=C/[C@@H]1CC(=O)C=CN1C(=O)OCc1ccccc1. The van der Waals surface area contributed by atoms with Gasteiger partial charge in [-0.1, -0.05) is 42.5 Å². The van der Waals surface area contributed by atoms with Crippen molar-refractivity contribution in [2.45, 2.75) is 26.0 Å². The van der Waals surface area contributed by atoms with Gasteiger partial charge in [-0.25, -0.2) is 4.79 Å². The van der Waals surface area contributed by atoms with Crippen LogP contribution in [0.2, 0.25) is 0 Å². The Labute approximate surface area is 118 Å². The fourth-order valence-corrected chi connectivity index (χ4v) is 2.02. The van der Waals surface area contributed by atoms with E-state index in [9.17, 15) is 9.59 Å². The Morgan fingerprint density at radius 3 is 2.85 bits per heavy atom. The molecule has 0 bridgehead atoms. The summed E-state index contributed by atoms with van der Waals surface area (Å²) < 4.78 is 5.27. The van der Waals surface area contributed by atoms with Crippen LogP contribution in [0.3, 0.4) is 0 Å². The van der Waals surface area contributed by atoms with Crippen molar-refractivity contribution in [3.05, 3.63) is 60.3 Å². The normalized spacial score (nSPS) is 18.6. The molecule has 1 aromatic carbocycles. The average Bonchev–Trinajstić information content (AvgIpc) is 2.46. The third-order valence-corrected chi connectivity index (χ3v) is 3.02. The van der Waals surface area contributed by atoms with Gasteiger partial charge in [-0.15, -0.1) is 0 Å². The van der Waals surface area contributed by atoms with E-state index in [2.05, 4.69) is 0 Å². The van der Waals surface area contributed by atoms with Crippen molar-refractivity contribution in [1.29, 1.82) is 0 Å². The van der Waals surface area contributed by atoms with E-state index in [-0.39, 0.29) is 18.4 Å². The molecule has 4 heteroatoms. The number of allylic oxidation sites excluding steroid dienone is 2. The van der Waals surface area contributed by atoms with Crippen molar-refractivity contribution < 1.29 is 14.3 Å². The minimum atomic E-state index is -0.444. The smallest absolute Gasteiger partial charge is 0.414 e. The van der Waals surface area contributed by atoms with Gasteiger partial charge in [0.15, 0.2) is 5.78 Å². The molecule has 0 fully saturated rings. The van der Waals surface area contributed by atoms with Crippen LogP contribution < -0.4 is 0 Å². The lowest BCUT2D eigenvalue weighted by molar-refractivity contribution is -0.115. The van der Waals surface area contributed by atoms with Crippen molar-refractivity contribution >= 4 is 11.9 Å². The summed E-state index contributed by atoms with van der Waals surface area (Å²) in [6.45, 7) is 2.08. The Hall–Kier alpha value is -2.36. The molecule has 1 heterocycles. The maximum Gasteiger partial charge on any atom is 0.414 e. The molecule has 1 atom stereocenters. The molecule has 0 spiro atoms. The van der Waals surface area contributed by atoms with E-state index in [0.717, 1.165) is 5.56 Å². The molecule has 0 aliphatic carbocycles. The van der Waals surface area contributed by atoms with Crippen LogP contribution in [-0.2, 0) is 16.1 Å². The van der Waals surface area contributed by atoms with E-state index >= 15 is 0 Å². The van der Waals surface area contributed by atoms with Crippen LogP contribution in [-0.4, -0.2) is 22.8 Å². The second-order valence-electron chi connectivity index (χ2n) is 4.53. The van der Waals surface area contributed by atoms with Crippen molar-refractivity contribution in [3.8, 4) is 0 Å². The molecule has 0 saturated carbocycles. The number of amides is 1. The van der Waals surface area contributed by atoms with Crippen molar-refractivity contribution in [2.75, 3.05) is 0 Å². The van der Waals surface area contributed by atoms with Gasteiger partial charge < -0.3 is 4.74 Å². The molecule has 0 saturated heterocycles. The number of hydrogen-bond acceptors (Lipinski definition) is 3. The average molecular weight is 271 g/mol. The van der Waals surface area contributed by atoms with Crippen LogP contribution >= 0.6 is 0 Å². The van der Waals surface area contributed by atoms with Gasteiger partial charge in [-0.2, -0.15) is 0 Å². The van der Waals surface area contributed by atoms with E-state index in [1.54, 1.807) is 0 Å². The monoisotopic (exact) mass is 271 g/mol. The summed E-state index contributed by atoms with van der Waals surface area (Å²) in [5.74, 6) is 0.0141. The molecule has 1 aromatic rings. The molecule has 2 rings (SSSR count). The highest BCUT2D eigenvalue weighted by atomic mass is 16.6. The van der Waals surface area contributed by atoms with Crippen LogP contribution in [0.1, 0.15) is 18.9 Å². The Morgan fingerprint density at radius 1 is 1.40 bits per heavy atom. The highest BCUT2D eigenvalue weighted by Crippen LogP contribution is 2.16. The van der Waals surface area contributed by atoms with Crippen molar-refractivity contribution in [2.24, 2.45) is 0 Å². The first kappa shape index (κ1) is 14.1. The van der Waals surface area contributed by atoms with Gasteiger partial charge in [-0.3, -0.25) is 9.69 Å². The van der Waals surface area contributed by atoms with E-state index in [0.29, 0.717) is 6.42 Å². The summed E-state index contributed by atoms with van der Waals surface area (Å²) in [6, 6.07) is 9.22. The number of ketones is 1. The van der Waals surface area contributed by atoms with E-state index < -0.39 is 6.09 Å². The molecule has 1 aliphatic rings.